The van der Waals surface area contributed by atoms with Crippen molar-refractivity contribution in [2.75, 3.05) is 6.61 Å². The highest BCUT2D eigenvalue weighted by Crippen LogP contribution is 2.33. The zero-order chi connectivity index (χ0) is 11.5. The van der Waals surface area contributed by atoms with Gasteiger partial charge in [-0.1, -0.05) is 6.42 Å². The molecule has 2 nitrogen and oxygen atoms in total. The monoisotopic (exact) mass is 228 g/mol. The highest BCUT2D eigenvalue weighted by atomic mass is 19.3. The molecule has 1 fully saturated rings. The van der Waals surface area contributed by atoms with Crippen molar-refractivity contribution in [2.24, 2.45) is 5.92 Å². The minimum absolute atomic E-state index is 0.0799. The van der Waals surface area contributed by atoms with Crippen LogP contribution in [0.2, 0.25) is 0 Å². The number of phenolic OH excluding ortho intramolecular Hbond substituents is 1. The first-order valence-electron chi connectivity index (χ1n) is 5.40. The Morgan fingerprint density at radius 3 is 2.69 bits per heavy atom. The summed E-state index contributed by atoms with van der Waals surface area (Å²) in [5, 5.41) is 9.45. The third-order valence-corrected chi connectivity index (χ3v) is 2.94. The van der Waals surface area contributed by atoms with Crippen LogP contribution in [-0.2, 0) is 0 Å². The van der Waals surface area contributed by atoms with Crippen LogP contribution in [0.1, 0.15) is 31.3 Å². The van der Waals surface area contributed by atoms with Crippen LogP contribution in [0, 0.1) is 5.92 Å². The van der Waals surface area contributed by atoms with Gasteiger partial charge in [-0.05, 0) is 37.0 Å². The molecule has 88 valence electrons. The Morgan fingerprint density at radius 1 is 1.38 bits per heavy atom. The molecular weight excluding hydrogens is 214 g/mol. The summed E-state index contributed by atoms with van der Waals surface area (Å²) >= 11 is 0. The van der Waals surface area contributed by atoms with E-state index in [-0.39, 0.29) is 17.1 Å². The number of rotatable bonds is 4. The highest BCUT2D eigenvalue weighted by molar-refractivity contribution is 5.42. The van der Waals surface area contributed by atoms with Gasteiger partial charge in [0.25, 0.3) is 6.43 Å². The molecule has 0 radical (unpaired) electrons. The molecule has 0 bridgehead atoms. The average Bonchev–Trinajstić information content (AvgIpc) is 2.18. The van der Waals surface area contributed by atoms with Crippen LogP contribution in [-0.4, -0.2) is 11.7 Å². The van der Waals surface area contributed by atoms with Crippen molar-refractivity contribution < 1.29 is 18.6 Å². The van der Waals surface area contributed by atoms with Gasteiger partial charge in [-0.25, -0.2) is 8.78 Å². The molecule has 1 aromatic carbocycles. The molecule has 0 atom stereocenters. The maximum absolute atomic E-state index is 12.4. The minimum Gasteiger partial charge on any atom is -0.504 e. The predicted molar refractivity (Wildman–Crippen MR) is 55.9 cm³/mol. The molecule has 1 saturated carbocycles. The van der Waals surface area contributed by atoms with Gasteiger partial charge in [0, 0.05) is 5.56 Å². The molecular formula is C12H14F2O2. The molecule has 4 heteroatoms. The van der Waals surface area contributed by atoms with Gasteiger partial charge in [-0.2, -0.15) is 0 Å². The summed E-state index contributed by atoms with van der Waals surface area (Å²) in [6.45, 7) is 0.500. The van der Waals surface area contributed by atoms with Gasteiger partial charge >= 0.3 is 0 Å². The summed E-state index contributed by atoms with van der Waals surface area (Å²) in [6.07, 6.45) is 0.911. The molecule has 1 aromatic rings. The standard InChI is InChI=1S/C12H14F2O2/c13-12(14)9-4-5-10(15)11(6-9)16-7-8-2-1-3-8/h4-6,8,12,15H,1-3,7H2. The number of ether oxygens (including phenoxy) is 1. The molecule has 2 rings (SSSR count). The first-order valence-corrected chi connectivity index (χ1v) is 5.40. The lowest BCUT2D eigenvalue weighted by Gasteiger charge is -2.25. The number of hydrogen-bond acceptors (Lipinski definition) is 2. The van der Waals surface area contributed by atoms with Crippen LogP contribution in [0.3, 0.4) is 0 Å². The molecule has 1 N–H and O–H groups in total. The second-order valence-corrected chi connectivity index (χ2v) is 4.14. The molecule has 0 amide bonds. The number of phenols is 1. The second-order valence-electron chi connectivity index (χ2n) is 4.14. The summed E-state index contributed by atoms with van der Waals surface area (Å²) in [6, 6.07) is 3.66. The van der Waals surface area contributed by atoms with Gasteiger partial charge in [0.15, 0.2) is 11.5 Å². The van der Waals surface area contributed by atoms with Gasteiger partial charge < -0.3 is 9.84 Å². The average molecular weight is 228 g/mol. The molecule has 0 aromatic heterocycles. The maximum atomic E-state index is 12.4. The second kappa shape index (κ2) is 4.68. The van der Waals surface area contributed by atoms with Gasteiger partial charge in [-0.3, -0.25) is 0 Å². The van der Waals surface area contributed by atoms with Crippen LogP contribution in [0.15, 0.2) is 18.2 Å². The van der Waals surface area contributed by atoms with E-state index in [2.05, 4.69) is 0 Å². The van der Waals surface area contributed by atoms with Gasteiger partial charge in [0.05, 0.1) is 6.61 Å². The van der Waals surface area contributed by atoms with Crippen LogP contribution in [0.4, 0.5) is 8.78 Å². The van der Waals surface area contributed by atoms with Crippen molar-refractivity contribution in [2.45, 2.75) is 25.7 Å². The smallest absolute Gasteiger partial charge is 0.263 e. The fourth-order valence-electron chi connectivity index (χ4n) is 1.65. The van der Waals surface area contributed by atoms with Crippen molar-refractivity contribution in [3.63, 3.8) is 0 Å². The van der Waals surface area contributed by atoms with Crippen LogP contribution in [0.25, 0.3) is 0 Å². The Bertz CT molecular complexity index is 362. The van der Waals surface area contributed by atoms with E-state index in [4.69, 9.17) is 4.74 Å². The summed E-state index contributed by atoms with van der Waals surface area (Å²) in [5.74, 6) is 0.586. The Balaban J connectivity index is 2.02. The predicted octanol–water partition coefficient (Wildman–Crippen LogP) is 3.51. The Hall–Kier alpha value is -1.32. The molecule has 0 aliphatic heterocycles. The number of hydrogen-bond donors (Lipinski definition) is 1. The van der Waals surface area contributed by atoms with Gasteiger partial charge in [-0.15, -0.1) is 0 Å². The van der Waals surface area contributed by atoms with Crippen LogP contribution < -0.4 is 4.74 Å². The lowest BCUT2D eigenvalue weighted by atomic mass is 9.86. The lowest BCUT2D eigenvalue weighted by Crippen LogP contribution is -2.19. The van der Waals surface area contributed by atoms with Crippen molar-refractivity contribution >= 4 is 0 Å². The van der Waals surface area contributed by atoms with E-state index in [1.54, 1.807) is 0 Å². The summed E-state index contributed by atoms with van der Waals surface area (Å²) in [5.41, 5.74) is -0.124. The minimum atomic E-state index is -2.54. The SMILES string of the molecule is Oc1ccc(C(F)F)cc1OCC1CCC1. The fraction of sp³-hybridized carbons (Fsp3) is 0.500. The largest absolute Gasteiger partial charge is 0.504 e. The van der Waals surface area contributed by atoms with E-state index in [1.807, 2.05) is 0 Å². The van der Waals surface area contributed by atoms with Crippen molar-refractivity contribution in [3.8, 4) is 11.5 Å². The Kier molecular flexibility index (Phi) is 3.27. The molecule has 0 saturated heterocycles. The Labute approximate surface area is 92.9 Å². The van der Waals surface area contributed by atoms with E-state index in [0.29, 0.717) is 12.5 Å². The molecule has 1 aliphatic carbocycles. The van der Waals surface area contributed by atoms with E-state index in [0.717, 1.165) is 12.8 Å². The van der Waals surface area contributed by atoms with Crippen molar-refractivity contribution in [1.82, 2.24) is 0 Å². The van der Waals surface area contributed by atoms with E-state index >= 15 is 0 Å². The van der Waals surface area contributed by atoms with Gasteiger partial charge in [0.1, 0.15) is 0 Å². The van der Waals surface area contributed by atoms with Gasteiger partial charge in [0.2, 0.25) is 0 Å². The van der Waals surface area contributed by atoms with Crippen molar-refractivity contribution in [1.29, 1.82) is 0 Å². The number of halogens is 2. The maximum Gasteiger partial charge on any atom is 0.263 e. The molecule has 1 aliphatic rings. The quantitative estimate of drug-likeness (QED) is 0.854. The Morgan fingerprint density at radius 2 is 2.12 bits per heavy atom. The zero-order valence-electron chi connectivity index (χ0n) is 8.83. The lowest BCUT2D eigenvalue weighted by molar-refractivity contribution is 0.149. The van der Waals surface area contributed by atoms with E-state index in [1.165, 1.54) is 24.6 Å². The first kappa shape index (κ1) is 11.2. The van der Waals surface area contributed by atoms with Crippen LogP contribution >= 0.6 is 0 Å². The summed E-state index contributed by atoms with van der Waals surface area (Å²) < 4.78 is 30.2. The van der Waals surface area contributed by atoms with Crippen molar-refractivity contribution in [3.05, 3.63) is 23.8 Å². The molecule has 0 heterocycles. The van der Waals surface area contributed by atoms with Crippen LogP contribution in [0.5, 0.6) is 11.5 Å². The normalized spacial score (nSPS) is 16.2. The number of benzene rings is 1. The fourth-order valence-corrected chi connectivity index (χ4v) is 1.65. The topological polar surface area (TPSA) is 29.5 Å². The summed E-state index contributed by atoms with van der Waals surface area (Å²) in [4.78, 5) is 0. The molecule has 16 heavy (non-hydrogen) atoms. The number of alkyl halides is 2. The summed E-state index contributed by atoms with van der Waals surface area (Å²) in [7, 11) is 0. The molecule has 0 unspecified atom stereocenters. The van der Waals surface area contributed by atoms with E-state index < -0.39 is 6.43 Å². The van der Waals surface area contributed by atoms with E-state index in [9.17, 15) is 13.9 Å². The molecule has 0 spiro atoms. The third-order valence-electron chi connectivity index (χ3n) is 2.94. The zero-order valence-corrected chi connectivity index (χ0v) is 8.83. The third kappa shape index (κ3) is 2.43. The number of aromatic hydroxyl groups is 1. The highest BCUT2D eigenvalue weighted by Gasteiger charge is 2.19. The first-order chi connectivity index (χ1) is 7.66.